The van der Waals surface area contributed by atoms with E-state index in [4.69, 9.17) is 0 Å². The van der Waals surface area contributed by atoms with Crippen LogP contribution in [-0.2, 0) is 0 Å². The first kappa shape index (κ1) is 26.3. The Kier molecular flexibility index (Phi) is 8.23. The number of hydrogen-bond acceptors (Lipinski definition) is 4. The van der Waals surface area contributed by atoms with Crippen LogP contribution >= 0.6 is 0 Å². The average molecular weight is 451 g/mol. The van der Waals surface area contributed by atoms with E-state index >= 15 is 0 Å². The Morgan fingerprint density at radius 3 is 2.00 bits per heavy atom. The summed E-state index contributed by atoms with van der Waals surface area (Å²) in [7, 11) is 0. The minimum Gasteiger partial charge on any atom is -0.380 e. The van der Waals surface area contributed by atoms with Gasteiger partial charge >= 0.3 is 0 Å². The quantitative estimate of drug-likeness (QED) is 0.403. The van der Waals surface area contributed by atoms with E-state index in [2.05, 4.69) is 31.4 Å². The monoisotopic (exact) mass is 450 g/mol. The first-order chi connectivity index (χ1) is 15.3. The predicted octanol–water partition coefficient (Wildman–Crippen LogP) is 7.00. The molecule has 2 N–H and O–H groups in total. The molecule has 0 saturated carbocycles. The van der Waals surface area contributed by atoms with Crippen molar-refractivity contribution in [2.45, 2.75) is 73.8 Å². The molecule has 0 aliphatic heterocycles. The van der Waals surface area contributed by atoms with Gasteiger partial charge in [0, 0.05) is 44.9 Å². The molecular formula is C28H38N2O3. The van der Waals surface area contributed by atoms with Gasteiger partial charge < -0.3 is 10.6 Å². The van der Waals surface area contributed by atoms with Crippen molar-refractivity contribution in [2.75, 3.05) is 10.6 Å². The first-order valence-corrected chi connectivity index (χ1v) is 11.7. The first-order valence-electron chi connectivity index (χ1n) is 11.7. The lowest BCUT2D eigenvalue weighted by Gasteiger charge is -2.23. The van der Waals surface area contributed by atoms with Gasteiger partial charge in [-0.3, -0.25) is 14.4 Å². The normalized spacial score (nSPS) is 12.7. The van der Waals surface area contributed by atoms with Crippen LogP contribution in [0.1, 0.15) is 99.3 Å². The third-order valence-corrected chi connectivity index (χ3v) is 5.94. The second-order valence-corrected chi connectivity index (χ2v) is 10.4. The van der Waals surface area contributed by atoms with Crippen LogP contribution in [0.25, 0.3) is 0 Å². The minimum atomic E-state index is -0.585. The lowest BCUT2D eigenvalue weighted by atomic mass is 9.80. The highest BCUT2D eigenvalue weighted by atomic mass is 16.2. The lowest BCUT2D eigenvalue weighted by Crippen LogP contribution is -2.26. The van der Waals surface area contributed by atoms with Crippen molar-refractivity contribution in [1.29, 1.82) is 0 Å². The van der Waals surface area contributed by atoms with Crippen molar-refractivity contribution < 1.29 is 14.4 Å². The van der Waals surface area contributed by atoms with Crippen molar-refractivity contribution in [2.24, 2.45) is 11.3 Å². The summed E-state index contributed by atoms with van der Waals surface area (Å²) in [6.45, 7) is 15.7. The number of amides is 1. The molecule has 5 nitrogen and oxygen atoms in total. The van der Waals surface area contributed by atoms with Crippen LogP contribution in [0.15, 0.2) is 42.5 Å². The van der Waals surface area contributed by atoms with Crippen LogP contribution in [-0.4, -0.2) is 23.0 Å². The van der Waals surface area contributed by atoms with E-state index in [1.165, 1.54) is 0 Å². The summed E-state index contributed by atoms with van der Waals surface area (Å²) in [5.41, 5.74) is 1.91. The number of carbonyl (C=O) groups excluding carboxylic acids is 3. The third-order valence-electron chi connectivity index (χ3n) is 5.94. The Balaban J connectivity index is 2.44. The molecule has 1 unspecified atom stereocenters. The zero-order valence-corrected chi connectivity index (χ0v) is 21.3. The summed E-state index contributed by atoms with van der Waals surface area (Å²) in [4.78, 5) is 39.3. The number of benzene rings is 2. The van der Waals surface area contributed by atoms with E-state index in [0.717, 1.165) is 5.69 Å². The van der Waals surface area contributed by atoms with E-state index in [1.54, 1.807) is 18.2 Å². The fourth-order valence-corrected chi connectivity index (χ4v) is 3.36. The summed E-state index contributed by atoms with van der Waals surface area (Å²) in [5, 5.41) is 6.30. The molecular weight excluding hydrogens is 412 g/mol. The van der Waals surface area contributed by atoms with Crippen molar-refractivity contribution in [3.63, 3.8) is 0 Å². The SMILES string of the molecule is CCC(C)C(=O)c1cc(C(=O)Nc2cccc(NC(C)(C)C)c2)cc(C(=O)C(C)(C)CC)c1. The molecule has 178 valence electrons. The predicted molar refractivity (Wildman–Crippen MR) is 136 cm³/mol. The molecule has 5 heteroatoms. The highest BCUT2D eigenvalue weighted by Crippen LogP contribution is 2.28. The fraction of sp³-hybridized carbons (Fsp3) is 0.464. The molecule has 0 spiro atoms. The Morgan fingerprint density at radius 1 is 0.848 bits per heavy atom. The summed E-state index contributed by atoms with van der Waals surface area (Å²) < 4.78 is 0. The van der Waals surface area contributed by atoms with Gasteiger partial charge in [-0.15, -0.1) is 0 Å². The van der Waals surface area contributed by atoms with Crippen molar-refractivity contribution >= 4 is 28.8 Å². The number of carbonyl (C=O) groups is 3. The number of nitrogens with one attached hydrogen (secondary N) is 2. The molecule has 33 heavy (non-hydrogen) atoms. The van der Waals surface area contributed by atoms with Crippen LogP contribution < -0.4 is 10.6 Å². The molecule has 0 heterocycles. The molecule has 1 atom stereocenters. The molecule has 1 amide bonds. The molecule has 2 aromatic carbocycles. The molecule has 0 aliphatic rings. The van der Waals surface area contributed by atoms with E-state index in [9.17, 15) is 14.4 Å². The highest BCUT2D eigenvalue weighted by Gasteiger charge is 2.28. The van der Waals surface area contributed by atoms with Gasteiger partial charge in [0.2, 0.25) is 0 Å². The van der Waals surface area contributed by atoms with Crippen molar-refractivity contribution in [3.8, 4) is 0 Å². The average Bonchev–Trinajstić information content (AvgIpc) is 2.76. The van der Waals surface area contributed by atoms with Gasteiger partial charge in [0.25, 0.3) is 5.91 Å². The van der Waals surface area contributed by atoms with Crippen LogP contribution in [0.4, 0.5) is 11.4 Å². The van der Waals surface area contributed by atoms with Gasteiger partial charge in [-0.1, -0.05) is 40.7 Å². The molecule has 0 fully saturated rings. The van der Waals surface area contributed by atoms with Crippen molar-refractivity contribution in [1.82, 2.24) is 0 Å². The molecule has 0 saturated heterocycles. The Bertz CT molecular complexity index is 1030. The van der Waals surface area contributed by atoms with Gasteiger partial charge in [-0.05, 0) is 70.0 Å². The third kappa shape index (κ3) is 7.01. The number of Topliss-reactive ketones (excluding diaryl/α,β-unsaturated/α-hetero) is 2. The maximum atomic E-state index is 13.2. The second kappa shape index (κ2) is 10.3. The number of hydrogen-bond donors (Lipinski definition) is 2. The smallest absolute Gasteiger partial charge is 0.255 e. The van der Waals surface area contributed by atoms with Crippen LogP contribution in [0.5, 0.6) is 0 Å². The van der Waals surface area contributed by atoms with Gasteiger partial charge in [-0.2, -0.15) is 0 Å². The maximum absolute atomic E-state index is 13.2. The summed E-state index contributed by atoms with van der Waals surface area (Å²) >= 11 is 0. The zero-order chi connectivity index (χ0) is 25.0. The van der Waals surface area contributed by atoms with Crippen LogP contribution in [0, 0.1) is 11.3 Å². The molecule has 0 radical (unpaired) electrons. The minimum absolute atomic E-state index is 0.0631. The van der Waals surface area contributed by atoms with E-state index in [-0.39, 0.29) is 28.9 Å². The Morgan fingerprint density at radius 2 is 1.42 bits per heavy atom. The molecule has 2 aromatic rings. The fourth-order valence-electron chi connectivity index (χ4n) is 3.36. The number of ketones is 2. The van der Waals surface area contributed by atoms with E-state index in [0.29, 0.717) is 35.2 Å². The summed E-state index contributed by atoms with van der Waals surface area (Å²) in [5.74, 6) is -0.684. The maximum Gasteiger partial charge on any atom is 0.255 e. The Hall–Kier alpha value is -2.95. The van der Waals surface area contributed by atoms with Gasteiger partial charge in [0.1, 0.15) is 0 Å². The van der Waals surface area contributed by atoms with Crippen LogP contribution in [0.3, 0.4) is 0 Å². The largest absolute Gasteiger partial charge is 0.380 e. The van der Waals surface area contributed by atoms with E-state index < -0.39 is 5.41 Å². The molecule has 0 aliphatic carbocycles. The molecule has 0 bridgehead atoms. The second-order valence-electron chi connectivity index (χ2n) is 10.4. The topological polar surface area (TPSA) is 75.3 Å². The summed E-state index contributed by atoms with van der Waals surface area (Å²) in [6, 6.07) is 12.3. The Labute approximate surface area is 198 Å². The lowest BCUT2D eigenvalue weighted by molar-refractivity contribution is 0.0833. The zero-order valence-electron chi connectivity index (χ0n) is 21.3. The number of rotatable bonds is 9. The van der Waals surface area contributed by atoms with Gasteiger partial charge in [0.05, 0.1) is 0 Å². The standard InChI is InChI=1S/C28H38N2O3/c1-9-18(3)24(31)19-14-20(25(32)28(7,8)10-2)16-21(15-19)26(33)29-22-12-11-13-23(17-22)30-27(4,5)6/h11-18,30H,9-10H2,1-8H3,(H,29,33). The highest BCUT2D eigenvalue weighted by molar-refractivity contribution is 6.10. The van der Waals surface area contributed by atoms with Crippen molar-refractivity contribution in [3.05, 3.63) is 59.2 Å². The molecule has 2 rings (SSSR count). The number of anilines is 2. The van der Waals surface area contributed by atoms with Gasteiger partial charge in [0.15, 0.2) is 11.6 Å². The van der Waals surface area contributed by atoms with Crippen LogP contribution in [0.2, 0.25) is 0 Å². The van der Waals surface area contributed by atoms with E-state index in [1.807, 2.05) is 58.9 Å². The van der Waals surface area contributed by atoms with Gasteiger partial charge in [-0.25, -0.2) is 0 Å². The summed E-state index contributed by atoms with van der Waals surface area (Å²) in [6.07, 6.45) is 1.34. The molecule has 0 aromatic heterocycles.